The molecule has 2 N–H and O–H groups in total. The Bertz CT molecular complexity index is 850. The molecule has 0 radical (unpaired) electrons. The van der Waals surface area contributed by atoms with E-state index in [2.05, 4.69) is 5.32 Å². The number of aliphatic hydroxyl groups is 1. The van der Waals surface area contributed by atoms with Crippen LogP contribution in [0.15, 0.2) is 64.8 Å². The van der Waals surface area contributed by atoms with Crippen molar-refractivity contribution in [3.8, 4) is 0 Å². The summed E-state index contributed by atoms with van der Waals surface area (Å²) in [6.45, 7) is 0.0365. The zero-order valence-electron chi connectivity index (χ0n) is 13.9. The van der Waals surface area contributed by atoms with Gasteiger partial charge < -0.3 is 14.8 Å². The molecule has 0 bridgehead atoms. The van der Waals surface area contributed by atoms with Crippen LogP contribution in [0, 0.1) is 5.82 Å². The molecule has 1 aliphatic rings. The lowest BCUT2D eigenvalue weighted by atomic mass is 9.92. The standard InChI is InChI=1S/C20H18FNO3S/c21-16-5-3-14(4-6-16)19(8-9-19)18(23)22-13-20(24,15-7-10-25-12-15)17-2-1-11-26-17/h1-7,10-12,24H,8-9,13H2,(H,22,23)/t20-/m0/s1. The number of halogens is 1. The predicted molar refractivity (Wildman–Crippen MR) is 96.3 cm³/mol. The Morgan fingerprint density at radius 2 is 2.04 bits per heavy atom. The van der Waals surface area contributed by atoms with Crippen LogP contribution >= 0.6 is 11.3 Å². The number of rotatable bonds is 6. The molecule has 1 aliphatic carbocycles. The fourth-order valence-electron chi connectivity index (χ4n) is 3.26. The van der Waals surface area contributed by atoms with E-state index >= 15 is 0 Å². The number of carbonyl (C=O) groups excluding carboxylic acids is 1. The molecule has 0 unspecified atom stereocenters. The van der Waals surface area contributed by atoms with Gasteiger partial charge in [0.05, 0.1) is 24.5 Å². The molecule has 0 saturated heterocycles. The average Bonchev–Trinajstić information content (AvgIpc) is 3.08. The van der Waals surface area contributed by atoms with Gasteiger partial charge in [-0.3, -0.25) is 4.79 Å². The van der Waals surface area contributed by atoms with Crippen LogP contribution in [0.2, 0.25) is 0 Å². The third kappa shape index (κ3) is 2.85. The first-order valence-corrected chi connectivity index (χ1v) is 9.26. The lowest BCUT2D eigenvalue weighted by molar-refractivity contribution is -0.124. The maximum absolute atomic E-state index is 13.2. The van der Waals surface area contributed by atoms with Crippen LogP contribution in [-0.2, 0) is 15.8 Å². The summed E-state index contributed by atoms with van der Waals surface area (Å²) in [5.41, 5.74) is -0.581. The minimum absolute atomic E-state index is 0.0365. The van der Waals surface area contributed by atoms with Gasteiger partial charge in [0.1, 0.15) is 11.4 Å². The smallest absolute Gasteiger partial charge is 0.230 e. The maximum Gasteiger partial charge on any atom is 0.230 e. The van der Waals surface area contributed by atoms with Crippen molar-refractivity contribution in [1.29, 1.82) is 0 Å². The summed E-state index contributed by atoms with van der Waals surface area (Å²) in [4.78, 5) is 13.6. The number of amides is 1. The summed E-state index contributed by atoms with van der Waals surface area (Å²) in [6, 6.07) is 11.4. The highest BCUT2D eigenvalue weighted by Gasteiger charge is 2.51. The van der Waals surface area contributed by atoms with Crippen molar-refractivity contribution in [3.63, 3.8) is 0 Å². The summed E-state index contributed by atoms with van der Waals surface area (Å²) in [6.07, 6.45) is 4.41. The van der Waals surface area contributed by atoms with E-state index in [0.717, 1.165) is 10.4 Å². The molecule has 2 heterocycles. The molecule has 134 valence electrons. The van der Waals surface area contributed by atoms with Crippen molar-refractivity contribution < 1.29 is 18.7 Å². The summed E-state index contributed by atoms with van der Waals surface area (Å²) < 4.78 is 18.3. The van der Waals surface area contributed by atoms with E-state index in [1.54, 1.807) is 18.2 Å². The van der Waals surface area contributed by atoms with Gasteiger partial charge in [-0.1, -0.05) is 18.2 Å². The van der Waals surface area contributed by atoms with E-state index in [1.807, 2.05) is 17.5 Å². The second kappa shape index (κ2) is 6.37. The van der Waals surface area contributed by atoms with Gasteiger partial charge in [-0.25, -0.2) is 4.39 Å². The average molecular weight is 371 g/mol. The van der Waals surface area contributed by atoms with Crippen LogP contribution < -0.4 is 5.32 Å². The summed E-state index contributed by atoms with van der Waals surface area (Å²) in [7, 11) is 0. The molecule has 3 aromatic rings. The van der Waals surface area contributed by atoms with Crippen LogP contribution in [0.1, 0.15) is 28.8 Å². The van der Waals surface area contributed by atoms with Gasteiger partial charge in [-0.15, -0.1) is 11.3 Å². The quantitative estimate of drug-likeness (QED) is 0.696. The number of benzene rings is 1. The summed E-state index contributed by atoms with van der Waals surface area (Å²) in [5, 5.41) is 16.0. The number of hydrogen-bond donors (Lipinski definition) is 2. The lowest BCUT2D eigenvalue weighted by Crippen LogP contribution is -2.44. The first kappa shape index (κ1) is 17.0. The molecule has 1 aromatic carbocycles. The minimum atomic E-state index is -1.35. The van der Waals surface area contributed by atoms with E-state index in [1.165, 1.54) is 36.0 Å². The zero-order chi connectivity index (χ0) is 18.2. The summed E-state index contributed by atoms with van der Waals surface area (Å²) >= 11 is 1.42. The number of hydrogen-bond acceptors (Lipinski definition) is 4. The highest BCUT2D eigenvalue weighted by molar-refractivity contribution is 7.10. The Morgan fingerprint density at radius 3 is 2.62 bits per heavy atom. The van der Waals surface area contributed by atoms with Crippen molar-refractivity contribution >= 4 is 17.2 Å². The molecule has 1 atom stereocenters. The molecule has 6 heteroatoms. The Balaban J connectivity index is 1.55. The molecule has 0 spiro atoms. The molecule has 4 rings (SSSR count). The second-order valence-electron chi connectivity index (χ2n) is 6.62. The molecule has 1 fully saturated rings. The zero-order valence-corrected chi connectivity index (χ0v) is 14.8. The highest BCUT2D eigenvalue weighted by Crippen LogP contribution is 2.48. The van der Waals surface area contributed by atoms with Crippen molar-refractivity contribution in [2.24, 2.45) is 0 Å². The molecule has 0 aliphatic heterocycles. The van der Waals surface area contributed by atoms with Gasteiger partial charge in [-0.05, 0) is 48.1 Å². The fraction of sp³-hybridized carbons (Fsp3) is 0.250. The highest BCUT2D eigenvalue weighted by atomic mass is 32.1. The normalized spacial score (nSPS) is 17.5. The van der Waals surface area contributed by atoms with E-state index in [-0.39, 0.29) is 18.3 Å². The van der Waals surface area contributed by atoms with Crippen molar-refractivity contribution in [1.82, 2.24) is 5.32 Å². The first-order valence-electron chi connectivity index (χ1n) is 8.38. The third-order valence-corrected chi connectivity index (χ3v) is 6.03. The molecule has 1 amide bonds. The van der Waals surface area contributed by atoms with Crippen LogP contribution in [0.3, 0.4) is 0 Å². The number of nitrogens with one attached hydrogen (secondary N) is 1. The van der Waals surface area contributed by atoms with Crippen LogP contribution in [0.25, 0.3) is 0 Å². The van der Waals surface area contributed by atoms with Gasteiger partial charge in [0, 0.05) is 10.4 Å². The molecule has 26 heavy (non-hydrogen) atoms. The van der Waals surface area contributed by atoms with E-state index in [0.29, 0.717) is 18.4 Å². The number of carbonyl (C=O) groups is 1. The van der Waals surface area contributed by atoms with Gasteiger partial charge in [0.15, 0.2) is 0 Å². The molecular weight excluding hydrogens is 353 g/mol. The Kier molecular flexibility index (Phi) is 4.17. The fourth-order valence-corrected chi connectivity index (χ4v) is 4.11. The SMILES string of the molecule is O=C(NC[C@](O)(c1ccoc1)c1cccs1)C1(c2ccc(F)cc2)CC1. The van der Waals surface area contributed by atoms with Crippen LogP contribution in [-0.4, -0.2) is 17.6 Å². The molecule has 4 nitrogen and oxygen atoms in total. The van der Waals surface area contributed by atoms with Gasteiger partial charge in [0.2, 0.25) is 5.91 Å². The van der Waals surface area contributed by atoms with Gasteiger partial charge in [-0.2, -0.15) is 0 Å². The van der Waals surface area contributed by atoms with Crippen LogP contribution in [0.4, 0.5) is 4.39 Å². The first-order chi connectivity index (χ1) is 12.5. The minimum Gasteiger partial charge on any atom is -0.472 e. The Labute approximate surface area is 154 Å². The molecular formula is C20H18FNO3S. The second-order valence-corrected chi connectivity index (χ2v) is 7.57. The lowest BCUT2D eigenvalue weighted by Gasteiger charge is -2.27. The van der Waals surface area contributed by atoms with E-state index in [9.17, 15) is 14.3 Å². The Hall–Kier alpha value is -2.44. The van der Waals surface area contributed by atoms with Crippen LogP contribution in [0.5, 0.6) is 0 Å². The molecule has 1 saturated carbocycles. The number of furan rings is 1. The molecule has 2 aromatic heterocycles. The number of thiophene rings is 1. The maximum atomic E-state index is 13.2. The van der Waals surface area contributed by atoms with Crippen molar-refractivity contribution in [2.75, 3.05) is 6.54 Å². The topological polar surface area (TPSA) is 62.5 Å². The monoisotopic (exact) mass is 371 g/mol. The Morgan fingerprint density at radius 1 is 1.27 bits per heavy atom. The largest absolute Gasteiger partial charge is 0.472 e. The van der Waals surface area contributed by atoms with Crippen molar-refractivity contribution in [3.05, 3.63) is 82.2 Å². The predicted octanol–water partition coefficient (Wildman–Crippen LogP) is 3.56. The van der Waals surface area contributed by atoms with Crippen molar-refractivity contribution in [2.45, 2.75) is 23.9 Å². The van der Waals surface area contributed by atoms with Gasteiger partial charge in [0.25, 0.3) is 0 Å². The van der Waals surface area contributed by atoms with E-state index < -0.39 is 11.0 Å². The van der Waals surface area contributed by atoms with Gasteiger partial charge >= 0.3 is 0 Å². The summed E-state index contributed by atoms with van der Waals surface area (Å²) in [5.74, 6) is -0.473. The van der Waals surface area contributed by atoms with E-state index in [4.69, 9.17) is 4.42 Å². The third-order valence-electron chi connectivity index (χ3n) is 5.01.